The fourth-order valence-electron chi connectivity index (χ4n) is 3.61. The van der Waals surface area contributed by atoms with Crippen LogP contribution in [-0.2, 0) is 27.2 Å². The minimum absolute atomic E-state index is 0.0568. The van der Waals surface area contributed by atoms with Gasteiger partial charge in [0.1, 0.15) is 12.6 Å². The van der Waals surface area contributed by atoms with Gasteiger partial charge in [0, 0.05) is 13.0 Å². The molecule has 0 aromatic heterocycles. The van der Waals surface area contributed by atoms with E-state index >= 15 is 0 Å². The van der Waals surface area contributed by atoms with E-state index in [9.17, 15) is 14.4 Å². The number of amides is 3. The predicted molar refractivity (Wildman–Crippen MR) is 116 cm³/mol. The zero-order chi connectivity index (χ0) is 21.7. The lowest BCUT2D eigenvalue weighted by Gasteiger charge is -2.40. The molecule has 1 aliphatic rings. The van der Waals surface area contributed by atoms with E-state index in [1.54, 1.807) is 17.0 Å². The average molecular weight is 448 g/mol. The first kappa shape index (κ1) is 22.1. The fraction of sp³-hybridized carbons (Fsp3) is 0.318. The molecule has 0 spiro atoms. The summed E-state index contributed by atoms with van der Waals surface area (Å²) in [5, 5.41) is 0.985. The minimum Gasteiger partial charge on any atom is -0.368 e. The van der Waals surface area contributed by atoms with Crippen molar-refractivity contribution in [3.63, 3.8) is 0 Å². The molecular formula is C22H23Cl2N3O3. The molecule has 2 aromatic rings. The molecule has 0 bridgehead atoms. The van der Waals surface area contributed by atoms with Gasteiger partial charge in [0.15, 0.2) is 0 Å². The van der Waals surface area contributed by atoms with E-state index in [0.29, 0.717) is 35.9 Å². The summed E-state index contributed by atoms with van der Waals surface area (Å²) in [7, 11) is 0. The highest BCUT2D eigenvalue weighted by molar-refractivity contribution is 6.42. The van der Waals surface area contributed by atoms with Crippen LogP contribution in [0.1, 0.15) is 17.5 Å². The maximum Gasteiger partial charge on any atom is 0.246 e. The topological polar surface area (TPSA) is 83.7 Å². The van der Waals surface area contributed by atoms with Gasteiger partial charge >= 0.3 is 0 Å². The number of piperazine rings is 1. The van der Waals surface area contributed by atoms with E-state index in [1.807, 2.05) is 36.4 Å². The van der Waals surface area contributed by atoms with Crippen molar-refractivity contribution in [2.75, 3.05) is 19.6 Å². The lowest BCUT2D eigenvalue weighted by atomic mass is 10.00. The standard InChI is InChI=1S/C22H23Cl2N3O3/c23-17-9-8-16(11-18(17)24)7-4-10-26-14-21(29)27(13-20(25)28)19(22(26)30)12-15-5-2-1-3-6-15/h1-3,5-6,8-9,11,19H,4,7,10,12-14H2,(H2,25,28). The molecule has 158 valence electrons. The van der Waals surface area contributed by atoms with Gasteiger partial charge in [-0.15, -0.1) is 0 Å². The molecule has 1 aliphatic heterocycles. The Morgan fingerprint density at radius 3 is 2.43 bits per heavy atom. The third kappa shape index (κ3) is 5.52. The summed E-state index contributed by atoms with van der Waals surface area (Å²) in [6, 6.07) is 14.1. The summed E-state index contributed by atoms with van der Waals surface area (Å²) >= 11 is 12.0. The van der Waals surface area contributed by atoms with Crippen molar-refractivity contribution < 1.29 is 14.4 Å². The zero-order valence-electron chi connectivity index (χ0n) is 16.4. The number of hydrogen-bond donors (Lipinski definition) is 1. The Labute approximate surface area is 185 Å². The van der Waals surface area contributed by atoms with Gasteiger partial charge in [-0.2, -0.15) is 0 Å². The van der Waals surface area contributed by atoms with Gasteiger partial charge < -0.3 is 15.5 Å². The third-order valence-corrected chi connectivity index (χ3v) is 5.83. The highest BCUT2D eigenvalue weighted by atomic mass is 35.5. The minimum atomic E-state index is -0.744. The van der Waals surface area contributed by atoms with E-state index in [2.05, 4.69) is 0 Å². The molecule has 1 fully saturated rings. The van der Waals surface area contributed by atoms with Gasteiger partial charge in [0.2, 0.25) is 17.7 Å². The van der Waals surface area contributed by atoms with Crippen LogP contribution in [0, 0.1) is 0 Å². The molecule has 2 aromatic carbocycles. The van der Waals surface area contributed by atoms with Gasteiger partial charge in [-0.05, 0) is 36.1 Å². The summed E-state index contributed by atoms with van der Waals surface area (Å²) in [4.78, 5) is 40.2. The molecule has 0 radical (unpaired) electrons. The third-order valence-electron chi connectivity index (χ3n) is 5.09. The van der Waals surface area contributed by atoms with E-state index in [0.717, 1.165) is 11.1 Å². The van der Waals surface area contributed by atoms with Crippen LogP contribution in [0.3, 0.4) is 0 Å². The number of carbonyl (C=O) groups is 3. The van der Waals surface area contributed by atoms with Gasteiger partial charge in [0.25, 0.3) is 0 Å². The molecule has 30 heavy (non-hydrogen) atoms. The molecular weight excluding hydrogens is 425 g/mol. The van der Waals surface area contributed by atoms with Crippen LogP contribution in [-0.4, -0.2) is 53.2 Å². The predicted octanol–water partition coefficient (Wildman–Crippen LogP) is 2.69. The summed E-state index contributed by atoms with van der Waals surface area (Å²) < 4.78 is 0. The van der Waals surface area contributed by atoms with Crippen LogP contribution in [0.15, 0.2) is 48.5 Å². The van der Waals surface area contributed by atoms with E-state index in [1.165, 1.54) is 4.90 Å². The first-order valence-corrected chi connectivity index (χ1v) is 10.4. The van der Waals surface area contributed by atoms with Crippen LogP contribution in [0.5, 0.6) is 0 Å². The highest BCUT2D eigenvalue weighted by Crippen LogP contribution is 2.23. The summed E-state index contributed by atoms with van der Waals surface area (Å²) in [6.07, 6.45) is 1.70. The van der Waals surface area contributed by atoms with Crippen LogP contribution in [0.2, 0.25) is 10.0 Å². The molecule has 2 N–H and O–H groups in total. The van der Waals surface area contributed by atoms with E-state index in [-0.39, 0.29) is 24.9 Å². The smallest absolute Gasteiger partial charge is 0.246 e. The van der Waals surface area contributed by atoms with Crippen molar-refractivity contribution >= 4 is 40.9 Å². The van der Waals surface area contributed by atoms with Gasteiger partial charge in [-0.1, -0.05) is 59.6 Å². The lowest BCUT2D eigenvalue weighted by Crippen LogP contribution is -2.62. The number of rotatable bonds is 8. The van der Waals surface area contributed by atoms with Crippen LogP contribution in [0.4, 0.5) is 0 Å². The van der Waals surface area contributed by atoms with E-state index in [4.69, 9.17) is 28.9 Å². The maximum atomic E-state index is 13.1. The first-order valence-electron chi connectivity index (χ1n) is 9.69. The van der Waals surface area contributed by atoms with Gasteiger partial charge in [-0.25, -0.2) is 0 Å². The van der Waals surface area contributed by atoms with Crippen molar-refractivity contribution in [2.45, 2.75) is 25.3 Å². The molecule has 8 heteroatoms. The van der Waals surface area contributed by atoms with Gasteiger partial charge in [-0.3, -0.25) is 14.4 Å². The maximum absolute atomic E-state index is 13.1. The molecule has 1 atom stereocenters. The Kier molecular flexibility index (Phi) is 7.34. The Hall–Kier alpha value is -2.57. The second-order valence-corrected chi connectivity index (χ2v) is 8.12. The molecule has 0 saturated carbocycles. The molecule has 3 rings (SSSR count). The fourth-order valence-corrected chi connectivity index (χ4v) is 3.93. The summed E-state index contributed by atoms with van der Waals surface area (Å²) in [5.74, 6) is -1.08. The molecule has 3 amide bonds. The summed E-state index contributed by atoms with van der Waals surface area (Å²) in [6.45, 7) is 0.110. The van der Waals surface area contributed by atoms with Crippen molar-refractivity contribution in [1.29, 1.82) is 0 Å². The summed E-state index contributed by atoms with van der Waals surface area (Å²) in [5.41, 5.74) is 7.23. The van der Waals surface area contributed by atoms with E-state index < -0.39 is 11.9 Å². The Morgan fingerprint density at radius 2 is 1.77 bits per heavy atom. The number of benzene rings is 2. The van der Waals surface area contributed by atoms with Crippen molar-refractivity contribution in [3.8, 4) is 0 Å². The van der Waals surface area contributed by atoms with Crippen LogP contribution in [0.25, 0.3) is 0 Å². The Morgan fingerprint density at radius 1 is 1.03 bits per heavy atom. The first-order chi connectivity index (χ1) is 14.3. The average Bonchev–Trinajstić information content (AvgIpc) is 2.71. The number of carbonyl (C=O) groups excluding carboxylic acids is 3. The van der Waals surface area contributed by atoms with Crippen molar-refractivity contribution in [1.82, 2.24) is 9.80 Å². The molecule has 1 heterocycles. The number of halogens is 2. The van der Waals surface area contributed by atoms with Crippen molar-refractivity contribution in [3.05, 3.63) is 69.7 Å². The van der Waals surface area contributed by atoms with Crippen LogP contribution >= 0.6 is 23.2 Å². The van der Waals surface area contributed by atoms with Crippen LogP contribution < -0.4 is 5.73 Å². The monoisotopic (exact) mass is 447 g/mol. The molecule has 0 aliphatic carbocycles. The Balaban J connectivity index is 1.69. The number of primary amides is 1. The zero-order valence-corrected chi connectivity index (χ0v) is 17.9. The molecule has 1 saturated heterocycles. The number of nitrogens with two attached hydrogens (primary N) is 1. The SMILES string of the molecule is NC(=O)CN1C(=O)CN(CCCc2ccc(Cl)c(Cl)c2)C(=O)C1Cc1ccccc1. The molecule has 1 unspecified atom stereocenters. The lowest BCUT2D eigenvalue weighted by molar-refractivity contribution is -0.157. The Bertz CT molecular complexity index is 936. The second kappa shape index (κ2) is 9.96. The molecule has 6 nitrogen and oxygen atoms in total. The van der Waals surface area contributed by atoms with Gasteiger partial charge in [0.05, 0.1) is 16.6 Å². The quantitative estimate of drug-likeness (QED) is 0.674. The number of nitrogens with zero attached hydrogens (tertiary/aromatic N) is 2. The number of aryl methyl sites for hydroxylation is 1. The van der Waals surface area contributed by atoms with Crippen molar-refractivity contribution in [2.24, 2.45) is 5.73 Å². The normalized spacial score (nSPS) is 16.8. The number of hydrogen-bond acceptors (Lipinski definition) is 3. The largest absolute Gasteiger partial charge is 0.368 e. The second-order valence-electron chi connectivity index (χ2n) is 7.31. The highest BCUT2D eigenvalue weighted by Gasteiger charge is 2.39.